The Balaban J connectivity index is 1.31. The Bertz CT molecular complexity index is 840. The Morgan fingerprint density at radius 1 is 1.03 bits per heavy atom. The largest absolute Gasteiger partial charge is 0.393 e. The Morgan fingerprint density at radius 3 is 2.54 bits per heavy atom. The molecular formula is C28H41Cl3O3S. The molecule has 0 heterocycles. The van der Waals surface area contributed by atoms with Crippen LogP contribution in [0.15, 0.2) is 0 Å². The normalized spacial score (nSPS) is 52.2. The highest BCUT2D eigenvalue weighted by atomic mass is 35.5. The van der Waals surface area contributed by atoms with E-state index in [0.29, 0.717) is 54.3 Å². The minimum Gasteiger partial charge on any atom is -0.393 e. The van der Waals surface area contributed by atoms with Gasteiger partial charge < -0.3 is 5.11 Å². The van der Waals surface area contributed by atoms with Crippen LogP contribution in [0.2, 0.25) is 0 Å². The third kappa shape index (κ3) is 4.77. The third-order valence-electron chi connectivity index (χ3n) is 11.2. The zero-order chi connectivity index (χ0) is 25.1. The number of thioether (sulfide) groups is 1. The van der Waals surface area contributed by atoms with E-state index in [1.165, 1.54) is 6.42 Å². The van der Waals surface area contributed by atoms with Crippen molar-refractivity contribution < 1.29 is 14.7 Å². The fourth-order valence-electron chi connectivity index (χ4n) is 9.39. The van der Waals surface area contributed by atoms with Crippen LogP contribution >= 0.6 is 46.6 Å². The molecule has 0 aromatic rings. The van der Waals surface area contributed by atoms with Crippen LogP contribution in [0.5, 0.6) is 0 Å². The molecule has 5 saturated carbocycles. The summed E-state index contributed by atoms with van der Waals surface area (Å²) < 4.78 is 0. The summed E-state index contributed by atoms with van der Waals surface area (Å²) in [5, 5.41) is 11.6. The van der Waals surface area contributed by atoms with Gasteiger partial charge in [-0.2, -0.15) is 0 Å². The number of aliphatic hydroxyl groups excluding tert-OH is 1. The van der Waals surface area contributed by atoms with Crippen molar-refractivity contribution in [3.05, 3.63) is 0 Å². The molecular weight excluding hydrogens is 523 g/mol. The van der Waals surface area contributed by atoms with Gasteiger partial charge in [0.25, 0.3) is 0 Å². The quantitative estimate of drug-likeness (QED) is 0.380. The van der Waals surface area contributed by atoms with Gasteiger partial charge in [-0.25, -0.2) is 0 Å². The van der Waals surface area contributed by atoms with Crippen LogP contribution < -0.4 is 0 Å². The standard InChI is InChI=1S/C28H41Cl3O3S/c1-27-9-8-16(32)10-15(27)6-7-17-18-4-3-5-19(28(18,2)13-23(33)26(17)27)24(34)14-35-25-12-21(30)20(29)11-22(25)31/h15,17-23,25-26,33H,3-14H2,1-2H3/t15?,17-,18?,19?,20?,21+,22?,23+,25?,26?,27?,28+/m1/s1. The maximum absolute atomic E-state index is 13.7. The molecule has 7 heteroatoms. The Hall–Kier alpha value is 0.520. The first-order chi connectivity index (χ1) is 16.5. The van der Waals surface area contributed by atoms with Gasteiger partial charge in [0.1, 0.15) is 11.6 Å². The van der Waals surface area contributed by atoms with Crippen LogP contribution in [0, 0.1) is 40.4 Å². The average Bonchev–Trinajstić information content (AvgIpc) is 2.79. The van der Waals surface area contributed by atoms with Crippen molar-refractivity contribution >= 4 is 58.1 Å². The highest BCUT2D eigenvalue weighted by molar-refractivity contribution is 8.00. The SMILES string of the molecule is CC12CCC(=O)CC1CC[C@H]1C2[C@@H](O)C[C@]2(C)C(C(=O)CSC3C[C@H](Cl)C(Cl)CC3Cl)CCCC12. The number of alkyl halides is 3. The molecule has 3 nitrogen and oxygen atoms in total. The monoisotopic (exact) mass is 562 g/mol. The summed E-state index contributed by atoms with van der Waals surface area (Å²) in [6.07, 6.45) is 9.44. The van der Waals surface area contributed by atoms with Crippen LogP contribution in [0.1, 0.15) is 84.5 Å². The smallest absolute Gasteiger partial charge is 0.146 e. The molecule has 5 aliphatic carbocycles. The molecule has 0 spiro atoms. The van der Waals surface area contributed by atoms with E-state index >= 15 is 0 Å². The number of carbonyl (C=O) groups is 2. The molecule has 5 rings (SSSR count). The summed E-state index contributed by atoms with van der Waals surface area (Å²) in [4.78, 5) is 25.9. The molecule has 12 atom stereocenters. The predicted octanol–water partition coefficient (Wildman–Crippen LogP) is 6.86. The van der Waals surface area contributed by atoms with E-state index in [1.54, 1.807) is 11.8 Å². The van der Waals surface area contributed by atoms with Gasteiger partial charge in [0.05, 0.1) is 22.6 Å². The molecule has 5 fully saturated rings. The lowest BCUT2D eigenvalue weighted by Gasteiger charge is -2.64. The second-order valence-corrected chi connectivity index (χ2v) is 15.8. The molecule has 5 aliphatic rings. The predicted molar refractivity (Wildman–Crippen MR) is 146 cm³/mol. The first-order valence-electron chi connectivity index (χ1n) is 13.8. The number of rotatable bonds is 4. The molecule has 35 heavy (non-hydrogen) atoms. The minimum atomic E-state index is -0.383. The lowest BCUT2D eigenvalue weighted by Crippen LogP contribution is -2.61. The molecule has 0 aliphatic heterocycles. The van der Waals surface area contributed by atoms with Crippen molar-refractivity contribution in [2.75, 3.05) is 5.75 Å². The Kier molecular flexibility index (Phi) is 7.94. The minimum absolute atomic E-state index is 0.00718. The fraction of sp³-hybridized carbons (Fsp3) is 0.929. The summed E-state index contributed by atoms with van der Waals surface area (Å²) in [6, 6.07) is 0. The van der Waals surface area contributed by atoms with Crippen molar-refractivity contribution in [3.63, 3.8) is 0 Å². The summed E-state index contributed by atoms with van der Waals surface area (Å²) in [5.74, 6) is 2.85. The molecule has 0 aromatic heterocycles. The number of aliphatic hydroxyl groups is 1. The first kappa shape index (κ1) is 27.1. The van der Waals surface area contributed by atoms with E-state index < -0.39 is 0 Å². The number of carbonyl (C=O) groups excluding carboxylic acids is 2. The molecule has 198 valence electrons. The number of hydrogen-bond acceptors (Lipinski definition) is 4. The van der Waals surface area contributed by atoms with E-state index in [-0.39, 0.29) is 50.2 Å². The number of fused-ring (bicyclic) bond motifs is 5. The van der Waals surface area contributed by atoms with Crippen molar-refractivity contribution in [2.45, 2.75) is 112 Å². The molecule has 0 saturated heterocycles. The van der Waals surface area contributed by atoms with Crippen molar-refractivity contribution in [1.29, 1.82) is 0 Å². The lowest BCUT2D eigenvalue weighted by molar-refractivity contribution is -0.192. The zero-order valence-electron chi connectivity index (χ0n) is 21.1. The van der Waals surface area contributed by atoms with Crippen LogP contribution in [-0.4, -0.2) is 49.9 Å². The average molecular weight is 564 g/mol. The molecule has 0 bridgehead atoms. The Labute approximate surface area is 230 Å². The van der Waals surface area contributed by atoms with Crippen LogP contribution in [0.3, 0.4) is 0 Å². The topological polar surface area (TPSA) is 54.4 Å². The van der Waals surface area contributed by atoms with Crippen molar-refractivity contribution in [1.82, 2.24) is 0 Å². The second-order valence-electron chi connectivity index (χ2n) is 12.9. The van der Waals surface area contributed by atoms with Gasteiger partial charge in [0.15, 0.2) is 0 Å². The number of Topliss-reactive ketones (excluding diaryl/α,β-unsaturated/α-hetero) is 2. The number of halogens is 3. The van der Waals surface area contributed by atoms with Gasteiger partial charge in [0, 0.05) is 29.4 Å². The van der Waals surface area contributed by atoms with Gasteiger partial charge >= 0.3 is 0 Å². The van der Waals surface area contributed by atoms with Gasteiger partial charge in [-0.05, 0) is 85.9 Å². The van der Waals surface area contributed by atoms with E-state index in [2.05, 4.69) is 13.8 Å². The van der Waals surface area contributed by atoms with Crippen LogP contribution in [-0.2, 0) is 9.59 Å². The molecule has 1 N–H and O–H groups in total. The maximum Gasteiger partial charge on any atom is 0.146 e. The Morgan fingerprint density at radius 2 is 1.77 bits per heavy atom. The van der Waals surface area contributed by atoms with Gasteiger partial charge in [-0.3, -0.25) is 9.59 Å². The van der Waals surface area contributed by atoms with Crippen LogP contribution in [0.4, 0.5) is 0 Å². The molecule has 0 aromatic carbocycles. The van der Waals surface area contributed by atoms with Crippen molar-refractivity contribution in [2.24, 2.45) is 40.4 Å². The summed E-state index contributed by atoms with van der Waals surface area (Å²) in [5.41, 5.74) is -0.0908. The van der Waals surface area contributed by atoms with E-state index in [0.717, 1.165) is 44.9 Å². The van der Waals surface area contributed by atoms with Gasteiger partial charge in [-0.15, -0.1) is 46.6 Å². The number of hydrogen-bond donors (Lipinski definition) is 1. The van der Waals surface area contributed by atoms with Crippen molar-refractivity contribution in [3.8, 4) is 0 Å². The summed E-state index contributed by atoms with van der Waals surface area (Å²) >= 11 is 21.0. The molecule has 8 unspecified atom stereocenters. The zero-order valence-corrected chi connectivity index (χ0v) is 24.1. The summed E-state index contributed by atoms with van der Waals surface area (Å²) in [6.45, 7) is 4.66. The molecule has 0 radical (unpaired) electrons. The van der Waals surface area contributed by atoms with E-state index in [1.807, 2.05) is 0 Å². The lowest BCUT2D eigenvalue weighted by atomic mass is 9.41. The maximum atomic E-state index is 13.7. The molecule has 0 amide bonds. The highest BCUT2D eigenvalue weighted by Crippen LogP contribution is 2.66. The van der Waals surface area contributed by atoms with Gasteiger partial charge in [-0.1, -0.05) is 20.3 Å². The third-order valence-corrected chi connectivity index (χ3v) is 14.3. The highest BCUT2D eigenvalue weighted by Gasteiger charge is 2.62. The van der Waals surface area contributed by atoms with E-state index in [9.17, 15) is 14.7 Å². The second kappa shape index (κ2) is 10.2. The van der Waals surface area contributed by atoms with Crippen LogP contribution in [0.25, 0.3) is 0 Å². The fourth-order valence-corrected chi connectivity index (χ4v) is 11.9. The summed E-state index contributed by atoms with van der Waals surface area (Å²) in [7, 11) is 0. The van der Waals surface area contributed by atoms with Gasteiger partial charge in [0.2, 0.25) is 0 Å². The first-order valence-corrected chi connectivity index (χ1v) is 16.2. The number of ketones is 2. The van der Waals surface area contributed by atoms with E-state index in [4.69, 9.17) is 34.8 Å².